The molecule has 18 rings (SSSR count). The van der Waals surface area contributed by atoms with Gasteiger partial charge in [-0.25, -0.2) is 63.1 Å². The number of halogens is 8. The molecular formula is C101H125F8N12O18V3-3. The van der Waals surface area contributed by atoms with Crippen LogP contribution in [0.2, 0.25) is 0 Å². The van der Waals surface area contributed by atoms with Crippen LogP contribution in [0, 0.1) is 87.3 Å². The van der Waals surface area contributed by atoms with Gasteiger partial charge in [-0.2, -0.15) is 35.1 Å². The normalized spacial score (nSPS) is 31.5. The van der Waals surface area contributed by atoms with E-state index < -0.39 is 168 Å². The number of rotatable bonds is 11. The minimum atomic E-state index is -3.49. The Morgan fingerprint density at radius 3 is 1.07 bits per heavy atom. The van der Waals surface area contributed by atoms with Crippen LogP contribution in [-0.2, 0) is 117 Å². The van der Waals surface area contributed by atoms with Gasteiger partial charge in [0.2, 0.25) is 35.4 Å². The maximum absolute atomic E-state index is 16.1. The summed E-state index contributed by atoms with van der Waals surface area (Å²) >= 11 is 0. The molecule has 12 aliphatic rings. The molecule has 3 radical (unpaired) electrons. The zero-order valence-corrected chi connectivity index (χ0v) is 85.9. The van der Waals surface area contributed by atoms with Crippen LogP contribution >= 0.6 is 0 Å². The monoisotopic (exact) mass is 2100 g/mol. The second-order valence-corrected chi connectivity index (χ2v) is 43.0. The maximum atomic E-state index is 16.1. The molecule has 6 aliphatic carbocycles. The van der Waals surface area contributed by atoms with Gasteiger partial charge in [-0.05, 0) is 214 Å². The molecule has 6 unspecified atom stereocenters. The van der Waals surface area contributed by atoms with E-state index in [1.165, 1.54) is 63.9 Å². The largest absolute Gasteiger partial charge is 0.540 e. The fraction of sp³-hybridized carbons (Fsp3) is 0.673. The van der Waals surface area contributed by atoms with Crippen molar-refractivity contribution in [1.82, 2.24) is 60.6 Å². The molecule has 6 bridgehead atoms. The van der Waals surface area contributed by atoms with Crippen molar-refractivity contribution < 1.29 is 177 Å². The molecule has 3 aromatic heterocycles. The smallest absolute Gasteiger partial charge is 0.408 e. The van der Waals surface area contributed by atoms with E-state index in [1.807, 2.05) is 61.0 Å². The van der Waals surface area contributed by atoms with E-state index in [9.17, 15) is 69.5 Å². The molecule has 30 nitrogen and oxygen atoms in total. The van der Waals surface area contributed by atoms with Crippen LogP contribution in [0.5, 0.6) is 34.9 Å². The van der Waals surface area contributed by atoms with Crippen molar-refractivity contribution in [2.45, 2.75) is 323 Å². The Morgan fingerprint density at radius 1 is 0.401 bits per heavy atom. The third-order valence-corrected chi connectivity index (χ3v) is 30.6. The van der Waals surface area contributed by atoms with E-state index in [0.717, 1.165) is 76.7 Å². The fourth-order valence-electron chi connectivity index (χ4n) is 23.1. The molecule has 142 heavy (non-hydrogen) atoms. The van der Waals surface area contributed by atoms with Gasteiger partial charge in [0.1, 0.15) is 83.4 Å². The zero-order valence-electron chi connectivity index (χ0n) is 81.7. The van der Waals surface area contributed by atoms with Crippen LogP contribution in [0.1, 0.15) is 229 Å². The Labute approximate surface area is 856 Å². The van der Waals surface area contributed by atoms with Crippen LogP contribution in [0.3, 0.4) is 0 Å². The molecule has 6 saturated carbocycles. The predicted molar refractivity (Wildman–Crippen MR) is 488 cm³/mol. The summed E-state index contributed by atoms with van der Waals surface area (Å²) in [5.74, 6) is -3.02. The zero-order chi connectivity index (χ0) is 99.3. The predicted octanol–water partition coefficient (Wildman–Crippen LogP) is 17.0. The number of ether oxygens (including phenoxy) is 9. The molecule has 41 heteroatoms. The fourth-order valence-corrected chi connectivity index (χ4v) is 23.1. The van der Waals surface area contributed by atoms with Gasteiger partial charge in [-0.15, -0.1) is 0 Å². The Balaban J connectivity index is 0.000000177. The number of carbonyl (C=O) groups excluding carboxylic acids is 9. The number of carbonyl (C=O) groups is 6. The third-order valence-electron chi connectivity index (χ3n) is 30.6. The van der Waals surface area contributed by atoms with Gasteiger partial charge in [0.25, 0.3) is 5.92 Å². The second kappa shape index (κ2) is 45.5. The van der Waals surface area contributed by atoms with Crippen molar-refractivity contribution in [3.63, 3.8) is 0 Å². The van der Waals surface area contributed by atoms with Crippen molar-refractivity contribution in [3.8, 4) is 34.9 Å². The van der Waals surface area contributed by atoms with Crippen LogP contribution in [0.25, 0.3) is 33.1 Å². The number of aromatic nitrogens is 6. The average molecular weight is 2100 g/mol. The summed E-state index contributed by atoms with van der Waals surface area (Å²) < 4.78 is 160. The molecule has 3 N–H and O–H groups in total. The van der Waals surface area contributed by atoms with E-state index in [1.54, 1.807) is 46.8 Å². The molecule has 24 atom stereocenters. The number of hydrogen-bond acceptors (Lipinski definition) is 24. The molecule has 6 aliphatic heterocycles. The van der Waals surface area contributed by atoms with Crippen molar-refractivity contribution in [2.75, 3.05) is 19.6 Å². The van der Waals surface area contributed by atoms with Gasteiger partial charge in [0, 0.05) is 80.3 Å². The molecule has 3 saturated heterocycles. The van der Waals surface area contributed by atoms with Crippen molar-refractivity contribution >= 4 is 88.0 Å². The van der Waals surface area contributed by atoms with Gasteiger partial charge in [-0.1, -0.05) is 146 Å². The SMILES string of the molecule is CC[C@@H]1[C@@H]2CN(C(=O)[C@H](C(C)(C)C)NC(=O)O[C@@H]3CC4CC4[C@H]3CCCCC(F)(F)c3nc4ccc(OC(F)F)cc4nc3O2)[C@@H]1[C-]=O.CC[C@@H]1[C@@H]2CN(C(=O)[C@H](C(C)(C)C)NC(=O)O[C@@H]3CC4CC4[C@H]3CCCCCc3nc4ccc(OC(F)F)cc4nc3O2)[C@@H]1[C-]=O.C[C@@H]1[C@@H]2CN(C(=O)[C@H](C(C)(C)C)NC(=O)O[C@@H]3CC4CC4[C@H]3CCCCCc3nc4ccc(OC(F)F)cc4nc3O2)[C@@H]1[C-]=O.[V].[V].[V]. The quantitative estimate of drug-likeness (QED) is 0.0616. The maximum Gasteiger partial charge on any atom is 0.408 e. The first-order valence-corrected chi connectivity index (χ1v) is 49.2. The van der Waals surface area contributed by atoms with Crippen molar-refractivity contribution in [2.24, 2.45) is 87.3 Å². The summed E-state index contributed by atoms with van der Waals surface area (Å²) in [6.45, 7) is 12.8. The molecule has 6 amide bonds. The van der Waals surface area contributed by atoms with Crippen LogP contribution < -0.4 is 44.4 Å². The number of alkyl carbamates (subject to hydrolysis) is 3. The third kappa shape index (κ3) is 24.9. The Morgan fingerprint density at radius 2 is 0.725 bits per heavy atom. The number of nitrogens with zero attached hydrogens (tertiary/aromatic N) is 9. The van der Waals surface area contributed by atoms with E-state index in [-0.39, 0.29) is 146 Å². The van der Waals surface area contributed by atoms with Gasteiger partial charge in [0.15, 0.2) is 5.69 Å². The molecule has 771 valence electrons. The number of nitrogens with one attached hydrogen (secondary N) is 3. The first kappa shape index (κ1) is 110. The Bertz CT molecular complexity index is 5540. The standard InChI is InChI=1S/C34H41F4N4O6.C34H43F2N4O6.C33H41F2N4O6.3V/c1-5-19-24(16-43)42-15-26(19)47-29-27(39-22-10-9-18(46-31(35)36)14-23(22)40-29)34(37,38)11-7-6-8-20-21-12-17(21)13-25(20)48-32(45)41-28(30(42)44)33(2,3)4;1-5-20-26(17-41)40-16-28(20)45-30-24(37-23-12-11-19(44-32(35)36)15-25(23)38-30)10-8-6-7-9-21-22-13-18(22)14-27(21)46-33(43)39-29(31(40)42)34(2,3)4;1-17-25(16-40)39-15-27(17)44-29-23(36-22-11-10-19(43-31(34)35)14-24(22)37-29)9-7-5-6-8-20-21-12-18(21)13-26(20)45-32(42)38-28(30(39)41)33(2,3)4;;;/h9-10,14,17,19-21,24-26,28,31H,5-8,11-13,15H2,1-4H3,(H,41,45);11-12,15,18,20-22,26-29,32H,5-10,13-14,16H2,1-4H3,(H,39,43);10-11,14,17-18,20-21,25-28,31H,5-9,12-13,15H2,1-4H3,(H,38,42);;;/q3*-1;;;/t17?,19-,20+,21?,24+,25+,26-,28+;18?,20-,21+,22?,26+,27+,28-,29+;17-,18?,20+,21?,25+,26+,27-,28+;;;/m000.../s1. The van der Waals surface area contributed by atoms with Gasteiger partial charge >= 0.3 is 38.1 Å². The number of alkyl halides is 8. The molecule has 3 aromatic carbocycles. The number of benzene rings is 3. The van der Waals surface area contributed by atoms with E-state index >= 15 is 8.78 Å². The van der Waals surface area contributed by atoms with Gasteiger partial charge < -0.3 is 87.7 Å². The van der Waals surface area contributed by atoms with E-state index in [0.29, 0.717) is 126 Å². The second-order valence-electron chi connectivity index (χ2n) is 43.0. The summed E-state index contributed by atoms with van der Waals surface area (Å²) in [4.78, 5) is 151. The first-order valence-electron chi connectivity index (χ1n) is 49.2. The number of amides is 6. The molecule has 0 spiro atoms. The first-order chi connectivity index (χ1) is 66.1. The van der Waals surface area contributed by atoms with Crippen LogP contribution in [0.4, 0.5) is 49.5 Å². The molecule has 6 aromatic rings. The van der Waals surface area contributed by atoms with Crippen molar-refractivity contribution in [1.29, 1.82) is 0 Å². The Kier molecular flexibility index (Phi) is 35.3. The molecule has 9 fully saturated rings. The minimum Gasteiger partial charge on any atom is -0.540 e. The number of hydrogen-bond donors (Lipinski definition) is 3. The van der Waals surface area contributed by atoms with Gasteiger partial charge in [-0.3, -0.25) is 14.4 Å². The minimum absolute atomic E-state index is 0. The summed E-state index contributed by atoms with van der Waals surface area (Å²) in [6, 6.07) is 6.56. The van der Waals surface area contributed by atoms with Gasteiger partial charge in [0.05, 0.1) is 52.7 Å². The van der Waals surface area contributed by atoms with Crippen LogP contribution in [-0.4, -0.2) is 212 Å². The van der Waals surface area contributed by atoms with Crippen molar-refractivity contribution in [3.05, 3.63) is 71.7 Å². The number of aryl methyl sites for hydroxylation is 2. The number of fused-ring (bicyclic) bond motifs is 21. The summed E-state index contributed by atoms with van der Waals surface area (Å²) in [5, 5.41) is 8.47. The average Bonchev–Trinajstić information content (AvgIpc) is 1.60. The molecule has 9 heterocycles. The summed E-state index contributed by atoms with van der Waals surface area (Å²) in [6.07, 6.45) is 16.8. The topological polar surface area (TPSA) is 360 Å². The Hall–Kier alpha value is -9.10. The molecular weight excluding hydrogens is 1970 g/mol. The summed E-state index contributed by atoms with van der Waals surface area (Å²) in [5.41, 5.74) is 0.107. The summed E-state index contributed by atoms with van der Waals surface area (Å²) in [7, 11) is 0. The van der Waals surface area contributed by atoms with E-state index in [4.69, 9.17) is 43.4 Å². The van der Waals surface area contributed by atoms with Crippen LogP contribution in [0.15, 0.2) is 54.6 Å². The van der Waals surface area contributed by atoms with E-state index in [2.05, 4.69) is 51.4 Å².